The molecule has 3 N–H and O–H groups in total. The minimum absolute atomic E-state index is 0.195. The molecule has 1 heterocycles. The van der Waals surface area contributed by atoms with Crippen molar-refractivity contribution in [2.45, 2.75) is 16.8 Å². The van der Waals surface area contributed by atoms with Gasteiger partial charge in [-0.2, -0.15) is 0 Å². The first-order chi connectivity index (χ1) is 12.5. The summed E-state index contributed by atoms with van der Waals surface area (Å²) in [6, 6.07) is 14.9. The number of carbonyl (C=O) groups is 2. The number of hydrogen-bond acceptors (Lipinski definition) is 5. The van der Waals surface area contributed by atoms with Crippen molar-refractivity contribution in [1.29, 1.82) is 0 Å². The summed E-state index contributed by atoms with van der Waals surface area (Å²) in [5, 5.41) is 23.1. The van der Waals surface area contributed by atoms with Crippen molar-refractivity contribution in [2.75, 3.05) is 6.54 Å². The van der Waals surface area contributed by atoms with Crippen LogP contribution < -0.4 is 5.32 Å². The number of fused-ring (bicyclic) bond motifs is 1. The Hall–Kier alpha value is -3.06. The molecule has 132 valence electrons. The zero-order chi connectivity index (χ0) is 18.7. The molecule has 3 rings (SSSR count). The predicted molar refractivity (Wildman–Crippen MR) is 98.7 cm³/mol. The molecule has 0 bridgehead atoms. The second kappa shape index (κ2) is 7.45. The first-order valence-corrected chi connectivity index (χ1v) is 8.63. The summed E-state index contributed by atoms with van der Waals surface area (Å²) in [5.41, 5.74) is 0.936. The number of hydrogen-bond donors (Lipinski definition) is 3. The quantitative estimate of drug-likeness (QED) is 0.639. The first kappa shape index (κ1) is 17.8. The van der Waals surface area contributed by atoms with E-state index in [1.54, 1.807) is 12.1 Å². The average Bonchev–Trinajstić information content (AvgIpc) is 2.64. The van der Waals surface area contributed by atoms with Crippen LogP contribution in [0.15, 0.2) is 58.5 Å². The van der Waals surface area contributed by atoms with Gasteiger partial charge in [0.05, 0.1) is 0 Å². The summed E-state index contributed by atoms with van der Waals surface area (Å²) in [4.78, 5) is 28.2. The van der Waals surface area contributed by atoms with Gasteiger partial charge in [0, 0.05) is 15.7 Å². The smallest absolute Gasteiger partial charge is 0.322 e. The Balaban J connectivity index is 2.06. The number of pyridine rings is 1. The highest BCUT2D eigenvalue weighted by molar-refractivity contribution is 7.99. The number of carbonyl (C=O) groups excluding carboxylic acids is 1. The molecule has 0 unspecified atom stereocenters. The number of amides is 1. The molecule has 0 aliphatic heterocycles. The molecule has 3 aromatic rings. The van der Waals surface area contributed by atoms with Gasteiger partial charge in [0.15, 0.2) is 11.4 Å². The monoisotopic (exact) mass is 368 g/mol. The zero-order valence-electron chi connectivity index (χ0n) is 13.9. The number of aliphatic carboxylic acids is 1. The Labute approximate surface area is 153 Å². The van der Waals surface area contributed by atoms with Gasteiger partial charge >= 0.3 is 5.97 Å². The van der Waals surface area contributed by atoms with Gasteiger partial charge in [-0.3, -0.25) is 9.59 Å². The molecule has 0 saturated carbocycles. The number of aromatic nitrogens is 1. The van der Waals surface area contributed by atoms with Crippen LogP contribution >= 0.6 is 11.8 Å². The number of aromatic hydroxyl groups is 1. The fourth-order valence-corrected chi connectivity index (χ4v) is 3.33. The molecule has 0 aliphatic rings. The maximum Gasteiger partial charge on any atom is 0.322 e. The van der Waals surface area contributed by atoms with Gasteiger partial charge < -0.3 is 15.5 Å². The van der Waals surface area contributed by atoms with Gasteiger partial charge in [-0.1, -0.05) is 53.7 Å². The summed E-state index contributed by atoms with van der Waals surface area (Å²) >= 11 is 1.37. The van der Waals surface area contributed by atoms with Crippen LogP contribution in [0.4, 0.5) is 0 Å². The Morgan fingerprint density at radius 2 is 1.73 bits per heavy atom. The van der Waals surface area contributed by atoms with Gasteiger partial charge in [-0.15, -0.1) is 0 Å². The molecule has 1 amide bonds. The van der Waals surface area contributed by atoms with E-state index in [2.05, 4.69) is 10.3 Å². The third-order valence-electron chi connectivity index (χ3n) is 3.70. The molecule has 0 spiro atoms. The van der Waals surface area contributed by atoms with Gasteiger partial charge in [0.1, 0.15) is 11.6 Å². The van der Waals surface area contributed by atoms with E-state index in [1.807, 2.05) is 43.3 Å². The minimum atomic E-state index is -1.17. The van der Waals surface area contributed by atoms with Crippen LogP contribution in [0.25, 0.3) is 10.8 Å². The molecule has 7 heteroatoms. The zero-order valence-corrected chi connectivity index (χ0v) is 14.7. The normalized spacial score (nSPS) is 10.7. The van der Waals surface area contributed by atoms with E-state index in [0.717, 1.165) is 10.5 Å². The van der Waals surface area contributed by atoms with Crippen molar-refractivity contribution >= 4 is 34.4 Å². The summed E-state index contributed by atoms with van der Waals surface area (Å²) in [7, 11) is 0. The van der Waals surface area contributed by atoms with Crippen molar-refractivity contribution in [3.63, 3.8) is 0 Å². The number of aryl methyl sites for hydroxylation is 1. The van der Waals surface area contributed by atoms with Crippen molar-refractivity contribution in [3.05, 3.63) is 59.8 Å². The number of benzene rings is 2. The second-order valence-corrected chi connectivity index (χ2v) is 6.71. The Bertz CT molecular complexity index is 987. The van der Waals surface area contributed by atoms with Gasteiger partial charge in [0.25, 0.3) is 5.91 Å². The average molecular weight is 368 g/mol. The van der Waals surface area contributed by atoms with Crippen LogP contribution in [0.3, 0.4) is 0 Å². The maximum absolute atomic E-state index is 12.3. The Morgan fingerprint density at radius 3 is 2.38 bits per heavy atom. The van der Waals surface area contributed by atoms with Crippen LogP contribution in [-0.4, -0.2) is 33.6 Å². The molecule has 0 fully saturated rings. The minimum Gasteiger partial charge on any atom is -0.505 e. The van der Waals surface area contributed by atoms with Crippen molar-refractivity contribution in [3.8, 4) is 5.75 Å². The number of nitrogens with one attached hydrogen (secondary N) is 1. The lowest BCUT2D eigenvalue weighted by atomic mass is 10.1. The highest BCUT2D eigenvalue weighted by Gasteiger charge is 2.20. The molecular formula is C19H16N2O4S. The van der Waals surface area contributed by atoms with E-state index in [9.17, 15) is 14.7 Å². The molecule has 0 radical (unpaired) electrons. The van der Waals surface area contributed by atoms with Crippen LogP contribution in [0.5, 0.6) is 5.75 Å². The van der Waals surface area contributed by atoms with E-state index in [4.69, 9.17) is 5.11 Å². The highest BCUT2D eigenvalue weighted by Crippen LogP contribution is 2.37. The van der Waals surface area contributed by atoms with Crippen molar-refractivity contribution in [2.24, 2.45) is 0 Å². The molecule has 6 nitrogen and oxygen atoms in total. The topological polar surface area (TPSA) is 99.5 Å². The molecule has 26 heavy (non-hydrogen) atoms. The van der Waals surface area contributed by atoms with Gasteiger partial charge in [0.2, 0.25) is 0 Å². The molecule has 0 aliphatic carbocycles. The summed E-state index contributed by atoms with van der Waals surface area (Å²) in [6.07, 6.45) is 0. The van der Waals surface area contributed by atoms with E-state index in [-0.39, 0.29) is 11.4 Å². The van der Waals surface area contributed by atoms with Crippen LogP contribution in [0.1, 0.15) is 16.1 Å². The molecule has 1 aromatic heterocycles. The van der Waals surface area contributed by atoms with Gasteiger partial charge in [-0.05, 0) is 19.1 Å². The second-order valence-electron chi connectivity index (χ2n) is 5.65. The summed E-state index contributed by atoms with van der Waals surface area (Å²) < 4.78 is 0. The number of nitrogens with zero attached hydrogens (tertiary/aromatic N) is 1. The highest BCUT2D eigenvalue weighted by atomic mass is 32.2. The van der Waals surface area contributed by atoms with E-state index >= 15 is 0 Å². The fourth-order valence-electron chi connectivity index (χ4n) is 2.41. The van der Waals surface area contributed by atoms with Crippen LogP contribution in [0, 0.1) is 6.92 Å². The van der Waals surface area contributed by atoms with Crippen molar-refractivity contribution < 1.29 is 19.8 Å². The first-order valence-electron chi connectivity index (χ1n) is 7.82. The molecule has 0 saturated heterocycles. The lowest BCUT2D eigenvalue weighted by Gasteiger charge is -2.11. The third-order valence-corrected chi connectivity index (χ3v) is 4.71. The Morgan fingerprint density at radius 1 is 1.08 bits per heavy atom. The third kappa shape index (κ3) is 3.78. The van der Waals surface area contributed by atoms with E-state index in [0.29, 0.717) is 15.8 Å². The van der Waals surface area contributed by atoms with Crippen LogP contribution in [-0.2, 0) is 4.79 Å². The lowest BCUT2D eigenvalue weighted by molar-refractivity contribution is -0.135. The summed E-state index contributed by atoms with van der Waals surface area (Å²) in [6.45, 7) is 1.45. The predicted octanol–water partition coefficient (Wildman–Crippen LogP) is 3.21. The van der Waals surface area contributed by atoms with Crippen molar-refractivity contribution in [1.82, 2.24) is 10.3 Å². The van der Waals surface area contributed by atoms with E-state index < -0.39 is 18.4 Å². The Kier molecular flexibility index (Phi) is 5.09. The standard InChI is InChI=1S/C19H16N2O4S/c1-11-6-8-12(9-7-11)26-19-14-5-3-2-4-13(14)17(24)16(21-19)18(25)20-10-15(22)23/h2-9,24H,10H2,1H3,(H,20,25)(H,22,23). The van der Waals surface area contributed by atoms with Gasteiger partial charge in [-0.25, -0.2) is 4.98 Å². The van der Waals surface area contributed by atoms with E-state index in [1.165, 1.54) is 11.8 Å². The lowest BCUT2D eigenvalue weighted by Crippen LogP contribution is -2.30. The SMILES string of the molecule is Cc1ccc(Sc2nc(C(=O)NCC(=O)O)c(O)c3ccccc23)cc1. The fraction of sp³-hybridized carbons (Fsp3) is 0.105. The van der Waals surface area contributed by atoms with Crippen LogP contribution in [0.2, 0.25) is 0 Å². The summed E-state index contributed by atoms with van der Waals surface area (Å²) in [5.74, 6) is -2.17. The molecule has 2 aromatic carbocycles. The molecular weight excluding hydrogens is 352 g/mol. The maximum atomic E-state index is 12.3. The largest absolute Gasteiger partial charge is 0.505 e. The number of carboxylic acids is 1. The molecule has 0 atom stereocenters. The number of rotatable bonds is 5. The number of carboxylic acid groups (broad SMARTS) is 1.